The molecule has 0 aliphatic carbocycles. The van der Waals surface area contributed by atoms with E-state index in [9.17, 15) is 0 Å². The van der Waals surface area contributed by atoms with Gasteiger partial charge in [0.2, 0.25) is 0 Å². The van der Waals surface area contributed by atoms with Crippen LogP contribution in [0.1, 0.15) is 0 Å². The van der Waals surface area contributed by atoms with E-state index in [-0.39, 0.29) is 59.4 Å². The van der Waals surface area contributed by atoms with Crippen molar-refractivity contribution in [1.82, 2.24) is 0 Å². The van der Waals surface area contributed by atoms with Gasteiger partial charge in [0, 0.05) is 48.4 Å². The summed E-state index contributed by atoms with van der Waals surface area (Å²) in [7, 11) is 0. The minimum atomic E-state index is 0. The summed E-state index contributed by atoms with van der Waals surface area (Å²) < 4.78 is 0. The molecular weight excluding hydrogens is 61.9 g/mol. The van der Waals surface area contributed by atoms with Crippen LogP contribution in [0.15, 0.2) is 0 Å². The molecule has 0 rings (SSSR count). The van der Waals surface area contributed by atoms with Crippen molar-refractivity contribution in [2.45, 2.75) is 0 Å². The Morgan fingerprint density at radius 2 is 0.750 bits per heavy atom. The molecular formula is H4LiNaO2. The zero-order chi connectivity index (χ0) is 0. The van der Waals surface area contributed by atoms with Crippen molar-refractivity contribution in [2.75, 3.05) is 0 Å². The van der Waals surface area contributed by atoms with E-state index in [0.717, 1.165) is 0 Å². The Bertz CT molecular complexity index is 6.00. The normalized spacial score (nSPS) is 0. The third-order valence-electron chi connectivity index (χ3n) is 0. The standard InChI is InChI=1S/Li.Na.2H2O/h;;2*1H2. The van der Waals surface area contributed by atoms with Crippen LogP contribution in [0.3, 0.4) is 0 Å². The second-order valence-electron chi connectivity index (χ2n) is 0. The van der Waals surface area contributed by atoms with E-state index < -0.39 is 0 Å². The molecule has 0 aliphatic rings. The fourth-order valence-corrected chi connectivity index (χ4v) is 0. The fraction of sp³-hybridized carbons (Fsp3) is 0. The van der Waals surface area contributed by atoms with Gasteiger partial charge in [0.05, 0.1) is 0 Å². The summed E-state index contributed by atoms with van der Waals surface area (Å²) >= 11 is 0. The average Bonchev–Trinajstić information content (AvgIpc) is 0. The van der Waals surface area contributed by atoms with Gasteiger partial charge in [-0.3, -0.25) is 0 Å². The first-order valence-corrected chi connectivity index (χ1v) is 0. The topological polar surface area (TPSA) is 63.0 Å². The molecule has 0 aromatic heterocycles. The molecule has 0 unspecified atom stereocenters. The maximum Gasteiger partial charge on any atom is 0 e. The van der Waals surface area contributed by atoms with E-state index >= 15 is 0 Å². The minimum absolute atomic E-state index is 0. The summed E-state index contributed by atoms with van der Waals surface area (Å²) in [4.78, 5) is 0. The quantitative estimate of drug-likeness (QED) is 0.283. The first kappa shape index (κ1) is 48.9. The van der Waals surface area contributed by atoms with E-state index in [1.54, 1.807) is 0 Å². The van der Waals surface area contributed by atoms with Gasteiger partial charge in [0.1, 0.15) is 0 Å². The maximum atomic E-state index is 0. The van der Waals surface area contributed by atoms with E-state index in [1.807, 2.05) is 0 Å². The van der Waals surface area contributed by atoms with E-state index in [0.29, 0.717) is 0 Å². The van der Waals surface area contributed by atoms with Crippen molar-refractivity contribution < 1.29 is 11.0 Å². The molecule has 0 spiro atoms. The van der Waals surface area contributed by atoms with Crippen LogP contribution in [0.4, 0.5) is 0 Å². The predicted octanol–water partition coefficient (Wildman–Crippen LogP) is -2.41. The molecule has 2 nitrogen and oxygen atoms in total. The van der Waals surface area contributed by atoms with Gasteiger partial charge >= 0.3 is 0 Å². The molecule has 4 heteroatoms. The Kier molecular flexibility index (Phi) is 297. The molecule has 0 bridgehead atoms. The predicted molar refractivity (Wildman–Crippen MR) is 18.7 cm³/mol. The van der Waals surface area contributed by atoms with Crippen LogP contribution >= 0.6 is 0 Å². The molecule has 18 valence electrons. The second kappa shape index (κ2) is 24.3. The molecule has 0 aromatic rings. The molecule has 0 atom stereocenters. The summed E-state index contributed by atoms with van der Waals surface area (Å²) in [5.74, 6) is 0. The average molecular weight is 66.0 g/mol. The van der Waals surface area contributed by atoms with E-state index in [1.165, 1.54) is 0 Å². The van der Waals surface area contributed by atoms with Gasteiger partial charge in [-0.15, -0.1) is 0 Å². The largest absolute Gasteiger partial charge is 0.412 e. The second-order valence-corrected chi connectivity index (χ2v) is 0. The van der Waals surface area contributed by atoms with Gasteiger partial charge in [-0.1, -0.05) is 0 Å². The number of hydrogen-bond donors (Lipinski definition) is 0. The maximum absolute atomic E-state index is 0. The van der Waals surface area contributed by atoms with Crippen LogP contribution in [-0.2, 0) is 0 Å². The number of rotatable bonds is 0. The van der Waals surface area contributed by atoms with Crippen molar-refractivity contribution >= 4 is 48.4 Å². The van der Waals surface area contributed by atoms with Gasteiger partial charge < -0.3 is 11.0 Å². The van der Waals surface area contributed by atoms with Crippen LogP contribution in [0.5, 0.6) is 0 Å². The van der Waals surface area contributed by atoms with Crippen molar-refractivity contribution in [3.63, 3.8) is 0 Å². The smallest absolute Gasteiger partial charge is 0 e. The van der Waals surface area contributed by atoms with Crippen LogP contribution < -0.4 is 0 Å². The van der Waals surface area contributed by atoms with Crippen molar-refractivity contribution in [2.24, 2.45) is 0 Å². The molecule has 0 saturated carbocycles. The van der Waals surface area contributed by atoms with Crippen LogP contribution in [0, 0.1) is 0 Å². The first-order chi connectivity index (χ1) is 0. The molecule has 0 fully saturated rings. The SMILES string of the molecule is O.O.[Li].[Na]. The Morgan fingerprint density at radius 3 is 0.750 bits per heavy atom. The molecule has 0 amide bonds. The number of hydrogen-bond acceptors (Lipinski definition) is 0. The Morgan fingerprint density at radius 1 is 0.750 bits per heavy atom. The van der Waals surface area contributed by atoms with Crippen molar-refractivity contribution in [1.29, 1.82) is 0 Å². The molecule has 0 aromatic carbocycles. The Labute approximate surface area is 59.0 Å². The van der Waals surface area contributed by atoms with Gasteiger partial charge in [0.25, 0.3) is 0 Å². The van der Waals surface area contributed by atoms with Gasteiger partial charge in [-0.05, 0) is 0 Å². The molecule has 2 radical (unpaired) electrons. The molecule has 0 saturated heterocycles. The van der Waals surface area contributed by atoms with Crippen LogP contribution in [-0.4, -0.2) is 59.4 Å². The van der Waals surface area contributed by atoms with Crippen LogP contribution in [0.25, 0.3) is 0 Å². The van der Waals surface area contributed by atoms with Crippen LogP contribution in [0.2, 0.25) is 0 Å². The van der Waals surface area contributed by atoms with Crippen molar-refractivity contribution in [3.05, 3.63) is 0 Å². The zero-order valence-electron chi connectivity index (χ0n) is 3.00. The van der Waals surface area contributed by atoms with Gasteiger partial charge in [-0.25, -0.2) is 0 Å². The summed E-state index contributed by atoms with van der Waals surface area (Å²) in [6, 6.07) is 0. The molecule has 4 N–H and O–H groups in total. The van der Waals surface area contributed by atoms with Gasteiger partial charge in [0.15, 0.2) is 0 Å². The summed E-state index contributed by atoms with van der Waals surface area (Å²) in [6.07, 6.45) is 0. The first-order valence-electron chi connectivity index (χ1n) is 0. The summed E-state index contributed by atoms with van der Waals surface area (Å²) in [5, 5.41) is 0. The molecule has 0 aliphatic heterocycles. The molecule has 0 heterocycles. The van der Waals surface area contributed by atoms with Crippen molar-refractivity contribution in [3.8, 4) is 0 Å². The third-order valence-corrected chi connectivity index (χ3v) is 0. The molecule has 4 heavy (non-hydrogen) atoms. The monoisotopic (exact) mass is 66.0 g/mol. The fourth-order valence-electron chi connectivity index (χ4n) is 0. The Hall–Kier alpha value is 1.52. The summed E-state index contributed by atoms with van der Waals surface area (Å²) in [6.45, 7) is 0. The van der Waals surface area contributed by atoms with E-state index in [4.69, 9.17) is 0 Å². The van der Waals surface area contributed by atoms with E-state index in [2.05, 4.69) is 0 Å². The zero-order valence-corrected chi connectivity index (χ0v) is 5.00. The van der Waals surface area contributed by atoms with Gasteiger partial charge in [-0.2, -0.15) is 0 Å². The Balaban J connectivity index is 0. The third kappa shape index (κ3) is 9.68. The minimum Gasteiger partial charge on any atom is -0.412 e. The summed E-state index contributed by atoms with van der Waals surface area (Å²) in [5.41, 5.74) is 0.